The van der Waals surface area contributed by atoms with E-state index in [4.69, 9.17) is 0 Å². The molecule has 20 heavy (non-hydrogen) atoms. The van der Waals surface area contributed by atoms with Crippen LogP contribution in [0, 0.1) is 6.92 Å². The zero-order chi connectivity index (χ0) is 14.5. The van der Waals surface area contributed by atoms with Crippen LogP contribution in [0.15, 0.2) is 48.5 Å². The topological polar surface area (TPSA) is 29.5 Å². The predicted octanol–water partition coefficient (Wildman–Crippen LogP) is 3.87. The van der Waals surface area contributed by atoms with E-state index in [9.17, 15) is 13.9 Å². The van der Waals surface area contributed by atoms with E-state index in [1.165, 1.54) is 12.1 Å². The van der Waals surface area contributed by atoms with Gasteiger partial charge in [0.2, 0.25) is 0 Å². The number of hydrogen-bond acceptors (Lipinski definition) is 2. The lowest BCUT2D eigenvalue weighted by molar-refractivity contribution is -0.0498. The molecule has 0 saturated heterocycles. The molecular weight excluding hydrogens is 262 g/mol. The minimum Gasteiger partial charge on any atom is -0.435 e. The van der Waals surface area contributed by atoms with Crippen LogP contribution in [0.4, 0.5) is 8.78 Å². The van der Waals surface area contributed by atoms with Gasteiger partial charge in [0.05, 0.1) is 6.10 Å². The molecule has 2 aromatic rings. The summed E-state index contributed by atoms with van der Waals surface area (Å²) in [6.07, 6.45) is -0.182. The summed E-state index contributed by atoms with van der Waals surface area (Å²) in [6, 6.07) is 13.9. The van der Waals surface area contributed by atoms with Crippen molar-refractivity contribution in [2.75, 3.05) is 0 Å². The fourth-order valence-corrected chi connectivity index (χ4v) is 2.04. The summed E-state index contributed by atoms with van der Waals surface area (Å²) in [4.78, 5) is 0. The molecule has 0 radical (unpaired) electrons. The minimum absolute atomic E-state index is 0.0897. The lowest BCUT2D eigenvalue weighted by atomic mass is 9.98. The van der Waals surface area contributed by atoms with Crippen LogP contribution in [0.25, 0.3) is 0 Å². The number of benzene rings is 2. The molecule has 0 bridgehead atoms. The van der Waals surface area contributed by atoms with Gasteiger partial charge in [-0.05, 0) is 35.7 Å². The van der Waals surface area contributed by atoms with Crippen LogP contribution < -0.4 is 4.74 Å². The van der Waals surface area contributed by atoms with Crippen molar-refractivity contribution in [3.63, 3.8) is 0 Å². The Bertz CT molecular complexity index is 553. The van der Waals surface area contributed by atoms with Gasteiger partial charge in [-0.25, -0.2) is 0 Å². The van der Waals surface area contributed by atoms with Crippen molar-refractivity contribution in [2.45, 2.75) is 26.1 Å². The maximum atomic E-state index is 12.0. The van der Waals surface area contributed by atoms with Gasteiger partial charge in [-0.2, -0.15) is 8.78 Å². The molecule has 0 saturated carbocycles. The van der Waals surface area contributed by atoms with Crippen molar-refractivity contribution < 1.29 is 18.6 Å². The van der Waals surface area contributed by atoms with E-state index in [0.717, 1.165) is 11.1 Å². The fourth-order valence-electron chi connectivity index (χ4n) is 2.04. The lowest BCUT2D eigenvalue weighted by Crippen LogP contribution is -2.04. The maximum Gasteiger partial charge on any atom is 0.387 e. The van der Waals surface area contributed by atoms with Crippen molar-refractivity contribution in [3.8, 4) is 5.75 Å². The molecular formula is C16H16F2O2. The molecule has 4 heteroatoms. The van der Waals surface area contributed by atoms with Crippen LogP contribution in [0.5, 0.6) is 5.75 Å². The lowest BCUT2D eigenvalue weighted by Gasteiger charge is -2.13. The van der Waals surface area contributed by atoms with Crippen molar-refractivity contribution in [3.05, 3.63) is 65.2 Å². The van der Waals surface area contributed by atoms with Crippen LogP contribution in [0.2, 0.25) is 0 Å². The first-order valence-corrected chi connectivity index (χ1v) is 6.33. The second kappa shape index (κ2) is 6.48. The van der Waals surface area contributed by atoms with Crippen LogP contribution in [0.3, 0.4) is 0 Å². The molecule has 106 valence electrons. The summed E-state index contributed by atoms with van der Waals surface area (Å²) in [5.41, 5.74) is 2.85. The Morgan fingerprint density at radius 2 is 1.70 bits per heavy atom. The second-order valence-electron chi connectivity index (χ2n) is 4.59. The van der Waals surface area contributed by atoms with Gasteiger partial charge in [-0.3, -0.25) is 0 Å². The molecule has 0 aliphatic heterocycles. The summed E-state index contributed by atoms with van der Waals surface area (Å²) in [6.45, 7) is -0.848. The number of aryl methyl sites for hydroxylation is 1. The van der Waals surface area contributed by atoms with Gasteiger partial charge in [0.25, 0.3) is 0 Å². The number of rotatable bonds is 5. The summed E-state index contributed by atoms with van der Waals surface area (Å²) in [5, 5.41) is 10.2. The summed E-state index contributed by atoms with van der Waals surface area (Å²) >= 11 is 0. The van der Waals surface area contributed by atoms with Gasteiger partial charge in [0.15, 0.2) is 0 Å². The average Bonchev–Trinajstić information content (AvgIpc) is 2.41. The Kier molecular flexibility index (Phi) is 4.69. The van der Waals surface area contributed by atoms with Crippen molar-refractivity contribution in [1.29, 1.82) is 0 Å². The molecule has 2 nitrogen and oxygen atoms in total. The highest BCUT2D eigenvalue weighted by atomic mass is 19.3. The third-order valence-electron chi connectivity index (χ3n) is 3.16. The third-order valence-corrected chi connectivity index (χ3v) is 3.16. The van der Waals surface area contributed by atoms with Gasteiger partial charge in [-0.15, -0.1) is 0 Å². The monoisotopic (exact) mass is 278 g/mol. The largest absolute Gasteiger partial charge is 0.435 e. The first-order chi connectivity index (χ1) is 9.56. The second-order valence-corrected chi connectivity index (χ2v) is 4.59. The van der Waals surface area contributed by atoms with E-state index in [1.54, 1.807) is 12.1 Å². The smallest absolute Gasteiger partial charge is 0.387 e. The number of ether oxygens (including phenoxy) is 1. The maximum absolute atomic E-state index is 12.0. The van der Waals surface area contributed by atoms with Crippen molar-refractivity contribution >= 4 is 0 Å². The van der Waals surface area contributed by atoms with E-state index >= 15 is 0 Å². The van der Waals surface area contributed by atoms with Crippen LogP contribution >= 0.6 is 0 Å². The zero-order valence-electron chi connectivity index (χ0n) is 11.1. The molecule has 2 rings (SSSR count). The predicted molar refractivity (Wildman–Crippen MR) is 72.9 cm³/mol. The highest BCUT2D eigenvalue weighted by Crippen LogP contribution is 2.23. The molecule has 0 aliphatic carbocycles. The van der Waals surface area contributed by atoms with E-state index in [2.05, 4.69) is 4.74 Å². The zero-order valence-corrected chi connectivity index (χ0v) is 11.1. The molecule has 2 aromatic carbocycles. The molecule has 0 heterocycles. The van der Waals surface area contributed by atoms with E-state index in [0.29, 0.717) is 12.0 Å². The Morgan fingerprint density at radius 3 is 2.30 bits per heavy atom. The molecule has 0 amide bonds. The molecule has 1 atom stereocenters. The molecule has 0 aromatic heterocycles. The quantitative estimate of drug-likeness (QED) is 0.899. The minimum atomic E-state index is -2.84. The molecule has 0 fully saturated rings. The van der Waals surface area contributed by atoms with Crippen molar-refractivity contribution in [2.24, 2.45) is 0 Å². The Balaban J connectivity index is 2.06. The standard InChI is InChI=1S/C16H16F2O2/c1-11-4-2-3-5-13(11)10-15(19)12-6-8-14(9-7-12)20-16(17)18/h2-9,15-16,19H,10H2,1H3. The molecule has 1 unspecified atom stereocenters. The van der Waals surface area contributed by atoms with Gasteiger partial charge in [0.1, 0.15) is 5.75 Å². The number of alkyl halides is 2. The Labute approximate surface area is 116 Å². The third kappa shape index (κ3) is 3.78. The molecule has 1 N–H and O–H groups in total. The van der Waals surface area contributed by atoms with Crippen molar-refractivity contribution in [1.82, 2.24) is 0 Å². The van der Waals surface area contributed by atoms with Gasteiger partial charge >= 0.3 is 6.61 Å². The Morgan fingerprint density at radius 1 is 1.05 bits per heavy atom. The summed E-state index contributed by atoms with van der Waals surface area (Å²) < 4.78 is 28.4. The van der Waals surface area contributed by atoms with E-state index < -0.39 is 12.7 Å². The first kappa shape index (κ1) is 14.5. The number of hydrogen-bond donors (Lipinski definition) is 1. The average molecular weight is 278 g/mol. The molecule has 0 aliphatic rings. The first-order valence-electron chi connectivity index (χ1n) is 6.33. The highest BCUT2D eigenvalue weighted by molar-refractivity contribution is 5.31. The van der Waals surface area contributed by atoms with Gasteiger partial charge in [-0.1, -0.05) is 36.4 Å². The summed E-state index contributed by atoms with van der Waals surface area (Å²) in [5.74, 6) is 0.0897. The van der Waals surface area contributed by atoms with E-state index in [1.807, 2.05) is 31.2 Å². The number of aliphatic hydroxyl groups is 1. The number of halogens is 2. The highest BCUT2D eigenvalue weighted by Gasteiger charge is 2.11. The van der Waals surface area contributed by atoms with E-state index in [-0.39, 0.29) is 5.75 Å². The van der Waals surface area contributed by atoms with Gasteiger partial charge < -0.3 is 9.84 Å². The molecule has 0 spiro atoms. The van der Waals surface area contributed by atoms with Crippen LogP contribution in [-0.2, 0) is 6.42 Å². The van der Waals surface area contributed by atoms with Crippen LogP contribution in [-0.4, -0.2) is 11.7 Å². The normalized spacial score (nSPS) is 12.4. The Hall–Kier alpha value is -1.94. The van der Waals surface area contributed by atoms with Gasteiger partial charge in [0, 0.05) is 6.42 Å². The SMILES string of the molecule is Cc1ccccc1CC(O)c1ccc(OC(F)F)cc1. The summed E-state index contributed by atoms with van der Waals surface area (Å²) in [7, 11) is 0. The number of aliphatic hydroxyl groups excluding tert-OH is 1. The fraction of sp³-hybridized carbons (Fsp3) is 0.250. The van der Waals surface area contributed by atoms with Crippen LogP contribution in [0.1, 0.15) is 22.8 Å².